The number of benzene rings is 1. The highest BCUT2D eigenvalue weighted by molar-refractivity contribution is 7.90. The van der Waals surface area contributed by atoms with Crippen LogP contribution in [0, 0.1) is 0 Å². The minimum Gasteiger partial charge on any atom is -0.384 e. The van der Waals surface area contributed by atoms with Gasteiger partial charge < -0.3 is 10.6 Å². The largest absolute Gasteiger partial charge is 0.384 e. The second-order valence-electron chi connectivity index (χ2n) is 7.05. The third-order valence-corrected chi connectivity index (χ3v) is 7.95. The van der Waals surface area contributed by atoms with E-state index in [-0.39, 0.29) is 16.3 Å². The standard InChI is InChI=1S/C17H20N8O4S2/c18-16-6-5-12(11-20-16)24-9-7-13(8-10-24)31(28,29)25-22-17(21-23-25)14-3-1-2-4-15(14)30(19,26)27/h1-6,11,13H,7-10H2,(H2,18,20)(H2,19,26,27). The summed E-state index contributed by atoms with van der Waals surface area (Å²) < 4.78 is 50.2. The van der Waals surface area contributed by atoms with Gasteiger partial charge in [-0.3, -0.25) is 0 Å². The van der Waals surface area contributed by atoms with Crippen molar-refractivity contribution in [3.05, 3.63) is 42.6 Å². The summed E-state index contributed by atoms with van der Waals surface area (Å²) in [5.41, 5.74) is 6.55. The molecule has 0 atom stereocenters. The van der Waals surface area contributed by atoms with Crippen molar-refractivity contribution in [1.29, 1.82) is 0 Å². The Morgan fingerprint density at radius 2 is 1.71 bits per heavy atom. The number of nitrogens with zero attached hydrogens (tertiary/aromatic N) is 6. The van der Waals surface area contributed by atoms with Crippen molar-refractivity contribution < 1.29 is 16.8 Å². The molecule has 3 aromatic rings. The Labute approximate surface area is 179 Å². The van der Waals surface area contributed by atoms with Crippen molar-refractivity contribution in [2.24, 2.45) is 5.14 Å². The van der Waals surface area contributed by atoms with Crippen molar-refractivity contribution in [1.82, 2.24) is 24.6 Å². The summed E-state index contributed by atoms with van der Waals surface area (Å²) in [6, 6.07) is 9.33. The van der Waals surface area contributed by atoms with E-state index in [4.69, 9.17) is 10.9 Å². The van der Waals surface area contributed by atoms with Crippen LogP contribution in [-0.2, 0) is 20.0 Å². The van der Waals surface area contributed by atoms with E-state index in [0.717, 1.165) is 5.69 Å². The average Bonchev–Trinajstić information content (AvgIpc) is 3.25. The summed E-state index contributed by atoms with van der Waals surface area (Å²) in [6.45, 7) is 1.01. The molecule has 164 valence electrons. The smallest absolute Gasteiger partial charge is 0.274 e. The molecule has 1 aromatic carbocycles. The fourth-order valence-electron chi connectivity index (χ4n) is 3.45. The molecule has 14 heteroatoms. The molecule has 1 aliphatic rings. The van der Waals surface area contributed by atoms with Gasteiger partial charge in [0, 0.05) is 18.7 Å². The van der Waals surface area contributed by atoms with Crippen LogP contribution in [0.2, 0.25) is 0 Å². The Kier molecular flexibility index (Phi) is 5.36. The first-order chi connectivity index (χ1) is 14.7. The highest BCUT2D eigenvalue weighted by Gasteiger charge is 2.34. The highest BCUT2D eigenvalue weighted by Crippen LogP contribution is 2.26. The Bertz CT molecular complexity index is 1300. The second-order valence-corrected chi connectivity index (χ2v) is 10.6. The van der Waals surface area contributed by atoms with Crippen LogP contribution in [-0.4, -0.2) is 59.8 Å². The minimum atomic E-state index is -4.05. The summed E-state index contributed by atoms with van der Waals surface area (Å²) in [6.07, 6.45) is 2.37. The Hall–Kier alpha value is -3.10. The number of sulfonamides is 1. The molecular weight excluding hydrogens is 444 g/mol. The minimum absolute atomic E-state index is 0.0807. The molecule has 1 fully saturated rings. The molecule has 3 heterocycles. The van der Waals surface area contributed by atoms with E-state index in [2.05, 4.69) is 20.4 Å². The molecule has 0 radical (unpaired) electrons. The summed E-state index contributed by atoms with van der Waals surface area (Å²) in [4.78, 5) is 5.88. The lowest BCUT2D eigenvalue weighted by atomic mass is 10.1. The number of tetrazole rings is 1. The van der Waals surface area contributed by atoms with E-state index in [1.54, 1.807) is 18.3 Å². The monoisotopic (exact) mass is 464 g/mol. The number of hydrogen-bond acceptors (Lipinski definition) is 10. The van der Waals surface area contributed by atoms with Crippen LogP contribution >= 0.6 is 0 Å². The lowest BCUT2D eigenvalue weighted by Crippen LogP contribution is -2.41. The summed E-state index contributed by atoms with van der Waals surface area (Å²) >= 11 is 0. The van der Waals surface area contributed by atoms with Crippen LogP contribution in [0.25, 0.3) is 11.4 Å². The first-order valence-corrected chi connectivity index (χ1v) is 12.3. The van der Waals surface area contributed by atoms with Crippen LogP contribution in [0.4, 0.5) is 11.5 Å². The van der Waals surface area contributed by atoms with E-state index < -0.39 is 25.3 Å². The Balaban J connectivity index is 1.54. The van der Waals surface area contributed by atoms with Crippen LogP contribution in [0.5, 0.6) is 0 Å². The predicted octanol–water partition coefficient (Wildman–Crippen LogP) is -0.188. The zero-order valence-electron chi connectivity index (χ0n) is 16.2. The maximum atomic E-state index is 13.0. The van der Waals surface area contributed by atoms with E-state index in [9.17, 15) is 16.8 Å². The number of pyridine rings is 1. The number of aromatic nitrogens is 5. The molecule has 31 heavy (non-hydrogen) atoms. The number of piperidine rings is 1. The molecule has 0 unspecified atom stereocenters. The van der Waals surface area contributed by atoms with Crippen LogP contribution < -0.4 is 15.8 Å². The van der Waals surface area contributed by atoms with Crippen molar-refractivity contribution in [3.8, 4) is 11.4 Å². The Morgan fingerprint density at radius 3 is 2.35 bits per heavy atom. The van der Waals surface area contributed by atoms with E-state index >= 15 is 0 Å². The van der Waals surface area contributed by atoms with Gasteiger partial charge in [-0.2, -0.15) is 0 Å². The summed E-state index contributed by atoms with van der Waals surface area (Å²) in [5.74, 6) is 0.275. The van der Waals surface area contributed by atoms with Gasteiger partial charge in [0.15, 0.2) is 0 Å². The van der Waals surface area contributed by atoms with E-state index in [0.29, 0.717) is 36.0 Å². The molecule has 4 N–H and O–H groups in total. The topological polar surface area (TPSA) is 180 Å². The third-order valence-electron chi connectivity index (χ3n) is 5.06. The van der Waals surface area contributed by atoms with Crippen molar-refractivity contribution in [3.63, 3.8) is 0 Å². The van der Waals surface area contributed by atoms with E-state index in [1.165, 1.54) is 18.2 Å². The zero-order chi connectivity index (χ0) is 22.2. The number of rotatable bonds is 5. The molecule has 0 bridgehead atoms. The molecule has 0 saturated carbocycles. The number of primary sulfonamides is 1. The van der Waals surface area contributed by atoms with Gasteiger partial charge in [0.25, 0.3) is 10.0 Å². The lowest BCUT2D eigenvalue weighted by Gasteiger charge is -2.32. The van der Waals surface area contributed by atoms with Gasteiger partial charge in [0.05, 0.1) is 22.0 Å². The molecule has 0 amide bonds. The SMILES string of the molecule is Nc1ccc(N2CCC(S(=O)(=O)n3nnc(-c4ccccc4S(N)(=O)=O)n3)CC2)cn1. The van der Waals surface area contributed by atoms with Crippen molar-refractivity contribution in [2.45, 2.75) is 23.0 Å². The van der Waals surface area contributed by atoms with Gasteiger partial charge >= 0.3 is 0 Å². The van der Waals surface area contributed by atoms with Gasteiger partial charge in [-0.25, -0.2) is 27.0 Å². The number of anilines is 2. The summed E-state index contributed by atoms with van der Waals surface area (Å²) in [7, 11) is -7.97. The van der Waals surface area contributed by atoms with Gasteiger partial charge in [-0.05, 0) is 46.5 Å². The van der Waals surface area contributed by atoms with Crippen LogP contribution in [0.3, 0.4) is 0 Å². The van der Waals surface area contributed by atoms with Crippen molar-refractivity contribution in [2.75, 3.05) is 23.7 Å². The van der Waals surface area contributed by atoms with Crippen molar-refractivity contribution >= 4 is 31.6 Å². The number of hydrogen-bond donors (Lipinski definition) is 2. The normalized spacial score (nSPS) is 15.8. The van der Waals surface area contributed by atoms with Gasteiger partial charge in [0.2, 0.25) is 15.8 Å². The average molecular weight is 465 g/mol. The quantitative estimate of drug-likeness (QED) is 0.514. The fourth-order valence-corrected chi connectivity index (χ4v) is 5.58. The van der Waals surface area contributed by atoms with Gasteiger partial charge in [-0.15, -0.1) is 10.2 Å². The molecular formula is C17H20N8O4S2. The zero-order valence-corrected chi connectivity index (χ0v) is 17.9. The highest BCUT2D eigenvalue weighted by atomic mass is 32.2. The molecule has 1 aliphatic heterocycles. The maximum Gasteiger partial charge on any atom is 0.274 e. The predicted molar refractivity (Wildman–Crippen MR) is 113 cm³/mol. The second kappa shape index (κ2) is 7.86. The van der Waals surface area contributed by atoms with Crippen LogP contribution in [0.15, 0.2) is 47.5 Å². The van der Waals surface area contributed by atoms with Gasteiger partial charge in [0.1, 0.15) is 5.82 Å². The molecule has 0 aliphatic carbocycles. The molecule has 0 spiro atoms. The molecule has 12 nitrogen and oxygen atoms in total. The van der Waals surface area contributed by atoms with Crippen LogP contribution in [0.1, 0.15) is 12.8 Å². The maximum absolute atomic E-state index is 13.0. The van der Waals surface area contributed by atoms with E-state index in [1.807, 2.05) is 11.0 Å². The lowest BCUT2D eigenvalue weighted by molar-refractivity contribution is 0.509. The molecule has 1 saturated heterocycles. The molecule has 2 aromatic heterocycles. The first kappa shape index (κ1) is 21.1. The third kappa shape index (κ3) is 4.22. The Morgan fingerprint density at radius 1 is 1.00 bits per heavy atom. The summed E-state index contributed by atoms with van der Waals surface area (Å²) in [5, 5.41) is 15.9. The number of nitrogens with two attached hydrogens (primary N) is 2. The molecule has 4 rings (SSSR count). The fraction of sp³-hybridized carbons (Fsp3) is 0.294. The van der Waals surface area contributed by atoms with Gasteiger partial charge in [-0.1, -0.05) is 12.1 Å². The first-order valence-electron chi connectivity index (χ1n) is 9.29. The number of nitrogen functional groups attached to an aromatic ring is 1.